The fraction of sp³-hybridized carbons (Fsp3) is 0.538. The molecule has 0 fully saturated rings. The van der Waals surface area contributed by atoms with Crippen LogP contribution in [-0.2, 0) is 9.84 Å². The Morgan fingerprint density at radius 3 is 2.47 bits per heavy atom. The molecule has 0 radical (unpaired) electrons. The van der Waals surface area contributed by atoms with Crippen molar-refractivity contribution in [2.45, 2.75) is 30.7 Å². The van der Waals surface area contributed by atoms with Crippen molar-refractivity contribution < 1.29 is 8.42 Å². The lowest BCUT2D eigenvalue weighted by molar-refractivity contribution is 0.528. The monoisotopic (exact) mass is 302 g/mol. The zero-order valence-corrected chi connectivity index (χ0v) is 13.1. The van der Waals surface area contributed by atoms with Crippen molar-refractivity contribution in [3.63, 3.8) is 0 Å². The third kappa shape index (κ3) is 7.57. The normalized spacial score (nSPS) is 13.4. The standard InChI is InChI=1S/C13H22N2O2S2/c1-11-5-7-13(8-6-11)18-10-12(15-14)4-3-9-19(2,16)17/h5-8,12,15H,3-4,9-10,14H2,1-2H3. The van der Waals surface area contributed by atoms with Crippen LogP contribution in [0.3, 0.4) is 0 Å². The summed E-state index contributed by atoms with van der Waals surface area (Å²) in [5, 5.41) is 0. The van der Waals surface area contributed by atoms with E-state index in [-0.39, 0.29) is 11.8 Å². The highest BCUT2D eigenvalue weighted by atomic mass is 32.2. The zero-order chi connectivity index (χ0) is 14.3. The highest BCUT2D eigenvalue weighted by molar-refractivity contribution is 7.99. The largest absolute Gasteiger partial charge is 0.271 e. The number of thioether (sulfide) groups is 1. The van der Waals surface area contributed by atoms with Crippen molar-refractivity contribution in [1.29, 1.82) is 0 Å². The van der Waals surface area contributed by atoms with Crippen LogP contribution in [0.4, 0.5) is 0 Å². The Hall–Kier alpha value is -0.560. The van der Waals surface area contributed by atoms with Gasteiger partial charge in [0, 0.05) is 28.7 Å². The Morgan fingerprint density at radius 2 is 1.95 bits per heavy atom. The van der Waals surface area contributed by atoms with Crippen LogP contribution in [0.1, 0.15) is 18.4 Å². The Bertz CT molecular complexity index is 472. The lowest BCUT2D eigenvalue weighted by atomic mass is 10.2. The van der Waals surface area contributed by atoms with Gasteiger partial charge in [0.25, 0.3) is 0 Å². The van der Waals surface area contributed by atoms with E-state index in [1.165, 1.54) is 16.7 Å². The molecule has 3 N–H and O–H groups in total. The predicted molar refractivity (Wildman–Crippen MR) is 82.0 cm³/mol. The van der Waals surface area contributed by atoms with Crippen molar-refractivity contribution in [2.75, 3.05) is 17.8 Å². The molecule has 0 aliphatic carbocycles. The van der Waals surface area contributed by atoms with Crippen LogP contribution in [0.15, 0.2) is 29.2 Å². The minimum atomic E-state index is -2.88. The lowest BCUT2D eigenvalue weighted by Gasteiger charge is -2.15. The highest BCUT2D eigenvalue weighted by Gasteiger charge is 2.09. The summed E-state index contributed by atoms with van der Waals surface area (Å²) in [6, 6.07) is 8.47. The molecule has 0 bridgehead atoms. The maximum absolute atomic E-state index is 11.1. The van der Waals surface area contributed by atoms with Gasteiger partial charge in [-0.05, 0) is 31.9 Å². The maximum atomic E-state index is 11.1. The van der Waals surface area contributed by atoms with Crippen LogP contribution in [0.5, 0.6) is 0 Å². The Balaban J connectivity index is 2.34. The van der Waals surface area contributed by atoms with Crippen molar-refractivity contribution in [1.82, 2.24) is 5.43 Å². The van der Waals surface area contributed by atoms with E-state index in [0.717, 1.165) is 12.2 Å². The molecule has 1 unspecified atom stereocenters. The molecule has 0 aliphatic rings. The molecule has 108 valence electrons. The maximum Gasteiger partial charge on any atom is 0.147 e. The van der Waals surface area contributed by atoms with E-state index in [1.54, 1.807) is 11.8 Å². The molecule has 0 spiro atoms. The van der Waals surface area contributed by atoms with Gasteiger partial charge >= 0.3 is 0 Å². The average Bonchev–Trinajstić information content (AvgIpc) is 2.34. The van der Waals surface area contributed by atoms with Gasteiger partial charge in [0.1, 0.15) is 9.84 Å². The molecular formula is C13H22N2O2S2. The number of rotatable bonds is 8. The number of sulfone groups is 1. The molecule has 1 aromatic rings. The van der Waals surface area contributed by atoms with Crippen molar-refractivity contribution >= 4 is 21.6 Å². The van der Waals surface area contributed by atoms with Crippen LogP contribution < -0.4 is 11.3 Å². The number of benzene rings is 1. The first kappa shape index (κ1) is 16.5. The second-order valence-corrected chi connectivity index (χ2v) is 8.11. The van der Waals surface area contributed by atoms with Gasteiger partial charge in [-0.3, -0.25) is 11.3 Å². The number of nitrogens with one attached hydrogen (secondary N) is 1. The van der Waals surface area contributed by atoms with Crippen LogP contribution in [0, 0.1) is 6.92 Å². The molecule has 0 heterocycles. The molecule has 1 rings (SSSR count). The molecule has 0 saturated carbocycles. The van der Waals surface area contributed by atoms with Crippen LogP contribution in [0.2, 0.25) is 0 Å². The molecule has 0 saturated heterocycles. The van der Waals surface area contributed by atoms with E-state index in [0.29, 0.717) is 6.42 Å². The summed E-state index contributed by atoms with van der Waals surface area (Å²) in [6.45, 7) is 2.06. The number of hydrazine groups is 1. The summed E-state index contributed by atoms with van der Waals surface area (Å²) in [6.07, 6.45) is 2.67. The van der Waals surface area contributed by atoms with Crippen molar-refractivity contribution in [3.05, 3.63) is 29.8 Å². The number of aryl methyl sites for hydroxylation is 1. The van der Waals surface area contributed by atoms with Crippen LogP contribution in [0.25, 0.3) is 0 Å². The van der Waals surface area contributed by atoms with Gasteiger partial charge in [-0.2, -0.15) is 0 Å². The lowest BCUT2D eigenvalue weighted by Crippen LogP contribution is -2.37. The third-order valence-corrected chi connectivity index (χ3v) is 4.98. The molecule has 4 nitrogen and oxygen atoms in total. The molecular weight excluding hydrogens is 280 g/mol. The van der Waals surface area contributed by atoms with E-state index in [4.69, 9.17) is 5.84 Å². The first-order chi connectivity index (χ1) is 8.90. The molecule has 0 aliphatic heterocycles. The van der Waals surface area contributed by atoms with Crippen LogP contribution in [-0.4, -0.2) is 32.2 Å². The predicted octanol–water partition coefficient (Wildman–Crippen LogP) is 1.74. The fourth-order valence-electron chi connectivity index (χ4n) is 1.64. The molecule has 19 heavy (non-hydrogen) atoms. The second kappa shape index (κ2) is 7.89. The summed E-state index contributed by atoms with van der Waals surface area (Å²) in [7, 11) is -2.88. The topological polar surface area (TPSA) is 72.2 Å². The van der Waals surface area contributed by atoms with Gasteiger partial charge in [-0.15, -0.1) is 11.8 Å². The smallest absolute Gasteiger partial charge is 0.147 e. The number of nitrogens with two attached hydrogens (primary N) is 1. The third-order valence-electron chi connectivity index (χ3n) is 2.78. The van der Waals surface area contributed by atoms with Gasteiger partial charge in [0.15, 0.2) is 0 Å². The fourth-order valence-corrected chi connectivity index (χ4v) is 3.31. The first-order valence-electron chi connectivity index (χ1n) is 6.24. The van der Waals surface area contributed by atoms with Gasteiger partial charge in [-0.1, -0.05) is 17.7 Å². The summed E-state index contributed by atoms with van der Waals surface area (Å²) < 4.78 is 22.1. The minimum absolute atomic E-state index is 0.132. The number of hydrogen-bond acceptors (Lipinski definition) is 5. The molecule has 1 atom stereocenters. The Labute approximate surface area is 120 Å². The number of hydrogen-bond donors (Lipinski definition) is 2. The van der Waals surface area contributed by atoms with Gasteiger partial charge < -0.3 is 0 Å². The summed E-state index contributed by atoms with van der Waals surface area (Å²) in [5.41, 5.74) is 4.00. The SMILES string of the molecule is Cc1ccc(SCC(CCCS(C)(=O)=O)NN)cc1. The van der Waals surface area contributed by atoms with Crippen molar-refractivity contribution in [3.8, 4) is 0 Å². The van der Waals surface area contributed by atoms with Gasteiger partial charge in [-0.25, -0.2) is 8.42 Å². The molecule has 0 aromatic heterocycles. The van der Waals surface area contributed by atoms with Crippen molar-refractivity contribution in [2.24, 2.45) is 5.84 Å². The van der Waals surface area contributed by atoms with E-state index < -0.39 is 9.84 Å². The van der Waals surface area contributed by atoms with Crippen LogP contribution >= 0.6 is 11.8 Å². The summed E-state index contributed by atoms with van der Waals surface area (Å²) in [4.78, 5) is 1.20. The zero-order valence-electron chi connectivity index (χ0n) is 11.4. The average molecular weight is 302 g/mol. The Morgan fingerprint density at radius 1 is 1.32 bits per heavy atom. The van der Waals surface area contributed by atoms with E-state index in [1.807, 2.05) is 0 Å². The molecule has 0 amide bonds. The van der Waals surface area contributed by atoms with E-state index in [9.17, 15) is 8.42 Å². The molecule has 1 aromatic carbocycles. The quantitative estimate of drug-likeness (QED) is 0.435. The van der Waals surface area contributed by atoms with Gasteiger partial charge in [0.2, 0.25) is 0 Å². The second-order valence-electron chi connectivity index (χ2n) is 4.76. The van der Waals surface area contributed by atoms with E-state index >= 15 is 0 Å². The molecule has 6 heteroatoms. The van der Waals surface area contributed by atoms with E-state index in [2.05, 4.69) is 36.6 Å². The highest BCUT2D eigenvalue weighted by Crippen LogP contribution is 2.20. The van der Waals surface area contributed by atoms with Gasteiger partial charge in [0.05, 0.1) is 0 Å². The Kier molecular flexibility index (Phi) is 6.85. The summed E-state index contributed by atoms with van der Waals surface area (Å²) in [5.74, 6) is 6.56. The minimum Gasteiger partial charge on any atom is -0.271 e. The summed E-state index contributed by atoms with van der Waals surface area (Å²) >= 11 is 1.73. The first-order valence-corrected chi connectivity index (χ1v) is 9.28.